The van der Waals surface area contributed by atoms with Crippen LogP contribution in [0.3, 0.4) is 0 Å². The first kappa shape index (κ1) is 29.6. The number of piperidine rings is 1. The molecule has 0 radical (unpaired) electrons. The van der Waals surface area contributed by atoms with Gasteiger partial charge in [-0.3, -0.25) is 9.59 Å². The molecular formula is C32H33NO11. The van der Waals surface area contributed by atoms with Crippen molar-refractivity contribution in [1.82, 2.24) is 4.90 Å². The Morgan fingerprint density at radius 1 is 1.11 bits per heavy atom. The Morgan fingerprint density at radius 3 is 2.55 bits per heavy atom. The van der Waals surface area contributed by atoms with Gasteiger partial charge < -0.3 is 38.8 Å². The summed E-state index contributed by atoms with van der Waals surface area (Å²) in [5.74, 6) is -3.25. The molecular weight excluding hydrogens is 574 g/mol. The van der Waals surface area contributed by atoms with Crippen molar-refractivity contribution in [3.05, 3.63) is 71.0 Å². The second kappa shape index (κ2) is 10.9. The van der Waals surface area contributed by atoms with E-state index in [1.807, 2.05) is 19.2 Å². The summed E-state index contributed by atoms with van der Waals surface area (Å²) >= 11 is 0. The standard InChI is InChI=1S/C32H33NO11/c1-17(34)41-22(29(36)37)16-24(35)43-26(18-7-5-4-6-8-18)30(38)42-21-11-12-32(39)23-15-19-9-10-20(40-3)27-25(19)31(32,28(21)44-27)13-14-33(23)2/h4-11,22-23,26,28,39H,12-16H2,1-3H3,(H,36,37)/t22-,23-,26-,28+,31+,32-/m0/s1. The number of carboxylic acid groups (broad SMARTS) is 1. The Labute approximate surface area is 253 Å². The lowest BCUT2D eigenvalue weighted by Crippen LogP contribution is -2.74. The van der Waals surface area contributed by atoms with E-state index in [1.165, 1.54) is 0 Å². The van der Waals surface area contributed by atoms with Gasteiger partial charge in [0.15, 0.2) is 17.6 Å². The van der Waals surface area contributed by atoms with Crippen molar-refractivity contribution in [1.29, 1.82) is 0 Å². The number of hydrogen-bond donors (Lipinski definition) is 2. The van der Waals surface area contributed by atoms with Gasteiger partial charge in [0.1, 0.15) is 5.76 Å². The fourth-order valence-electron chi connectivity index (χ4n) is 7.35. The van der Waals surface area contributed by atoms with Crippen molar-refractivity contribution < 1.29 is 53.1 Å². The first-order valence-electron chi connectivity index (χ1n) is 14.4. The highest BCUT2D eigenvalue weighted by atomic mass is 16.6. The van der Waals surface area contributed by atoms with E-state index in [2.05, 4.69) is 4.90 Å². The van der Waals surface area contributed by atoms with Crippen LogP contribution >= 0.6 is 0 Å². The van der Waals surface area contributed by atoms with Crippen molar-refractivity contribution in [2.24, 2.45) is 0 Å². The van der Waals surface area contributed by atoms with Gasteiger partial charge in [-0.2, -0.15) is 0 Å². The monoisotopic (exact) mass is 607 g/mol. The summed E-state index contributed by atoms with van der Waals surface area (Å²) in [6.45, 7) is 1.70. The highest BCUT2D eigenvalue weighted by molar-refractivity contribution is 5.85. The molecule has 0 unspecified atom stereocenters. The third kappa shape index (κ3) is 4.51. The van der Waals surface area contributed by atoms with Crippen LogP contribution < -0.4 is 9.47 Å². The molecule has 6 atom stereocenters. The molecule has 1 fully saturated rings. The molecule has 12 heteroatoms. The zero-order valence-electron chi connectivity index (χ0n) is 24.5. The van der Waals surface area contributed by atoms with E-state index < -0.39 is 59.6 Å². The van der Waals surface area contributed by atoms with E-state index in [0.29, 0.717) is 30.9 Å². The number of hydrogen-bond acceptors (Lipinski definition) is 11. The number of rotatable bonds is 9. The maximum Gasteiger partial charge on any atom is 0.357 e. The second-order valence-corrected chi connectivity index (χ2v) is 11.6. The molecule has 2 aliphatic carbocycles. The van der Waals surface area contributed by atoms with E-state index in [0.717, 1.165) is 18.1 Å². The number of esters is 3. The number of benzene rings is 2. The van der Waals surface area contributed by atoms with E-state index in [4.69, 9.17) is 23.7 Å². The largest absolute Gasteiger partial charge is 0.493 e. The normalized spacial score (nSPS) is 27.5. The number of ether oxygens (including phenoxy) is 5. The molecule has 2 N–H and O–H groups in total. The minimum atomic E-state index is -1.79. The molecule has 2 bridgehead atoms. The lowest BCUT2D eigenvalue weighted by molar-refractivity contribution is -0.178. The topological polar surface area (TPSA) is 158 Å². The average Bonchev–Trinajstić information content (AvgIpc) is 3.35. The zero-order valence-corrected chi connectivity index (χ0v) is 24.5. The Balaban J connectivity index is 1.32. The zero-order chi connectivity index (χ0) is 31.4. The van der Waals surface area contributed by atoms with Crippen LogP contribution in [0.4, 0.5) is 0 Å². The van der Waals surface area contributed by atoms with E-state index >= 15 is 0 Å². The highest BCUT2D eigenvalue weighted by Crippen LogP contribution is 2.65. The van der Waals surface area contributed by atoms with Crippen LogP contribution in [-0.4, -0.2) is 83.5 Å². The molecule has 232 valence electrons. The molecule has 0 saturated carbocycles. The van der Waals surface area contributed by atoms with Gasteiger partial charge in [0.2, 0.25) is 12.2 Å². The van der Waals surface area contributed by atoms with E-state index in [1.54, 1.807) is 43.5 Å². The Bertz CT molecular complexity index is 1550. The van der Waals surface area contributed by atoms with Crippen LogP contribution in [0.5, 0.6) is 11.5 Å². The van der Waals surface area contributed by atoms with Crippen molar-refractivity contribution in [2.75, 3.05) is 20.7 Å². The molecule has 1 spiro atoms. The number of carbonyl (C=O) groups excluding carboxylic acids is 3. The molecule has 44 heavy (non-hydrogen) atoms. The van der Waals surface area contributed by atoms with Crippen LogP contribution in [0.25, 0.3) is 0 Å². The first-order valence-corrected chi connectivity index (χ1v) is 14.4. The van der Waals surface area contributed by atoms with Gasteiger partial charge in [-0.1, -0.05) is 36.4 Å². The Kier molecular flexibility index (Phi) is 7.37. The number of aliphatic carboxylic acids is 1. The third-order valence-corrected chi connectivity index (χ3v) is 9.28. The third-order valence-electron chi connectivity index (χ3n) is 9.28. The van der Waals surface area contributed by atoms with E-state index in [-0.39, 0.29) is 23.8 Å². The number of likely N-dealkylation sites (N-methyl/N-ethyl adjacent to an activating group) is 1. The highest BCUT2D eigenvalue weighted by Gasteiger charge is 2.72. The SMILES string of the molecule is COc1ccc2c3c1O[C@@H]1C(OC(=O)[C@@H](OC(=O)C[C@H](OC(C)=O)C(=O)O)c4ccccc4)=CC[C@]4(O)[C@H](C2)N(C)CC[C@@]314. The van der Waals surface area contributed by atoms with Gasteiger partial charge in [0, 0.05) is 30.5 Å². The molecule has 0 amide bonds. The van der Waals surface area contributed by atoms with Crippen molar-refractivity contribution in [3.63, 3.8) is 0 Å². The van der Waals surface area contributed by atoms with Crippen molar-refractivity contribution in [3.8, 4) is 11.5 Å². The molecule has 4 aliphatic rings. The Morgan fingerprint density at radius 2 is 1.86 bits per heavy atom. The summed E-state index contributed by atoms with van der Waals surface area (Å²) < 4.78 is 28.3. The number of likely N-dealkylation sites (tertiary alicyclic amines) is 1. The number of carbonyl (C=O) groups is 4. The van der Waals surface area contributed by atoms with Gasteiger partial charge in [-0.15, -0.1) is 0 Å². The first-order chi connectivity index (χ1) is 21.0. The smallest absolute Gasteiger partial charge is 0.357 e. The quantitative estimate of drug-likeness (QED) is 0.317. The average molecular weight is 608 g/mol. The lowest BCUT2D eigenvalue weighted by atomic mass is 9.50. The van der Waals surface area contributed by atoms with Crippen LogP contribution in [0.15, 0.2) is 54.3 Å². The van der Waals surface area contributed by atoms with Gasteiger partial charge in [-0.05, 0) is 44.1 Å². The molecule has 6 rings (SSSR count). The fraction of sp³-hybridized carbons (Fsp3) is 0.438. The van der Waals surface area contributed by atoms with Crippen LogP contribution in [0.1, 0.15) is 49.0 Å². The number of nitrogens with zero attached hydrogens (tertiary/aromatic N) is 1. The number of carboxylic acids is 1. The molecule has 2 aliphatic heterocycles. The maximum atomic E-state index is 13.8. The number of methoxy groups -OCH3 is 1. The van der Waals surface area contributed by atoms with Gasteiger partial charge in [0.25, 0.3) is 0 Å². The summed E-state index contributed by atoms with van der Waals surface area (Å²) in [6.07, 6.45) is -2.03. The molecule has 1 saturated heterocycles. The number of aliphatic hydroxyl groups is 1. The lowest BCUT2D eigenvalue weighted by Gasteiger charge is -2.61. The van der Waals surface area contributed by atoms with Crippen LogP contribution in [0, 0.1) is 0 Å². The molecule has 2 aromatic rings. The minimum Gasteiger partial charge on any atom is -0.493 e. The molecule has 2 aromatic carbocycles. The molecule has 12 nitrogen and oxygen atoms in total. The van der Waals surface area contributed by atoms with Crippen molar-refractivity contribution >= 4 is 23.9 Å². The van der Waals surface area contributed by atoms with Gasteiger partial charge >= 0.3 is 23.9 Å². The summed E-state index contributed by atoms with van der Waals surface area (Å²) in [5, 5.41) is 21.8. The van der Waals surface area contributed by atoms with Gasteiger partial charge in [0.05, 0.1) is 24.5 Å². The predicted octanol–water partition coefficient (Wildman–Crippen LogP) is 2.21. The van der Waals surface area contributed by atoms with Crippen molar-refractivity contribution in [2.45, 2.75) is 68.0 Å². The van der Waals surface area contributed by atoms with Crippen LogP contribution in [-0.2, 0) is 45.2 Å². The van der Waals surface area contributed by atoms with E-state index in [9.17, 15) is 29.4 Å². The maximum absolute atomic E-state index is 13.8. The predicted molar refractivity (Wildman–Crippen MR) is 151 cm³/mol. The van der Waals surface area contributed by atoms with Gasteiger partial charge in [-0.25, -0.2) is 9.59 Å². The molecule has 0 aromatic heterocycles. The minimum absolute atomic E-state index is 0.175. The summed E-state index contributed by atoms with van der Waals surface area (Å²) in [4.78, 5) is 51.7. The molecule has 2 heterocycles. The summed E-state index contributed by atoms with van der Waals surface area (Å²) in [5.41, 5.74) is 0.0660. The fourth-order valence-corrected chi connectivity index (χ4v) is 7.35. The summed E-state index contributed by atoms with van der Waals surface area (Å²) in [7, 11) is 3.53. The second-order valence-electron chi connectivity index (χ2n) is 11.6. The summed E-state index contributed by atoms with van der Waals surface area (Å²) in [6, 6.07) is 11.8. The Hall–Kier alpha value is -4.42. The van der Waals surface area contributed by atoms with Crippen LogP contribution in [0.2, 0.25) is 0 Å².